The summed E-state index contributed by atoms with van der Waals surface area (Å²) in [6.45, 7) is 4.91. The van der Waals surface area contributed by atoms with E-state index in [9.17, 15) is 10.1 Å². The molecule has 110 valence electrons. The van der Waals surface area contributed by atoms with Gasteiger partial charge in [0.1, 0.15) is 0 Å². The molecular weight excluding hydrogens is 254 g/mol. The molecule has 0 saturated carbocycles. The van der Waals surface area contributed by atoms with Gasteiger partial charge in [0.15, 0.2) is 0 Å². The zero-order valence-electron chi connectivity index (χ0n) is 12.0. The lowest BCUT2D eigenvalue weighted by Crippen LogP contribution is -2.40. The standard InChI is InChI=1S/C15H23N3O2/c1-2-15(17-8-4-5-12(10-16)11-17)13-6-3-7-14(9-13)18(19)20/h3,6-7,9,12,15H,2,4-5,8,10-11,16H2,1H3. The van der Waals surface area contributed by atoms with Crippen molar-refractivity contribution in [2.24, 2.45) is 11.7 Å². The van der Waals surface area contributed by atoms with Crippen LogP contribution in [0.25, 0.3) is 0 Å². The molecule has 1 aliphatic heterocycles. The number of nitrogens with zero attached hydrogens (tertiary/aromatic N) is 2. The van der Waals surface area contributed by atoms with E-state index in [1.807, 2.05) is 6.07 Å². The van der Waals surface area contributed by atoms with Gasteiger partial charge in [-0.25, -0.2) is 0 Å². The summed E-state index contributed by atoms with van der Waals surface area (Å²) in [5, 5.41) is 10.9. The van der Waals surface area contributed by atoms with Gasteiger partial charge in [-0.3, -0.25) is 15.0 Å². The quantitative estimate of drug-likeness (QED) is 0.663. The van der Waals surface area contributed by atoms with Crippen LogP contribution in [0.2, 0.25) is 0 Å². The number of likely N-dealkylation sites (tertiary alicyclic amines) is 1. The van der Waals surface area contributed by atoms with E-state index in [4.69, 9.17) is 5.73 Å². The molecule has 1 aliphatic rings. The van der Waals surface area contributed by atoms with Crippen molar-refractivity contribution in [3.8, 4) is 0 Å². The second-order valence-corrected chi connectivity index (χ2v) is 5.52. The molecule has 20 heavy (non-hydrogen) atoms. The smallest absolute Gasteiger partial charge is 0.269 e. The van der Waals surface area contributed by atoms with Gasteiger partial charge in [-0.2, -0.15) is 0 Å². The molecule has 1 aromatic carbocycles. The fraction of sp³-hybridized carbons (Fsp3) is 0.600. The molecule has 1 heterocycles. The Balaban J connectivity index is 2.18. The first-order valence-electron chi connectivity index (χ1n) is 7.34. The Morgan fingerprint density at radius 3 is 3.00 bits per heavy atom. The molecule has 2 rings (SSSR count). The second kappa shape index (κ2) is 6.81. The molecule has 0 amide bonds. The number of hydrogen-bond donors (Lipinski definition) is 1. The minimum atomic E-state index is -0.324. The van der Waals surface area contributed by atoms with Crippen LogP contribution in [0.15, 0.2) is 24.3 Å². The van der Waals surface area contributed by atoms with Crippen LogP contribution in [-0.4, -0.2) is 29.5 Å². The van der Waals surface area contributed by atoms with Gasteiger partial charge in [-0.15, -0.1) is 0 Å². The van der Waals surface area contributed by atoms with E-state index < -0.39 is 0 Å². The van der Waals surface area contributed by atoms with Crippen molar-refractivity contribution in [3.05, 3.63) is 39.9 Å². The molecule has 0 radical (unpaired) electrons. The summed E-state index contributed by atoms with van der Waals surface area (Å²) in [5.41, 5.74) is 7.01. The van der Waals surface area contributed by atoms with Crippen molar-refractivity contribution < 1.29 is 4.92 Å². The molecule has 0 aliphatic carbocycles. The number of benzene rings is 1. The highest BCUT2D eigenvalue weighted by molar-refractivity contribution is 5.35. The topological polar surface area (TPSA) is 72.4 Å². The van der Waals surface area contributed by atoms with Gasteiger partial charge < -0.3 is 5.73 Å². The van der Waals surface area contributed by atoms with Gasteiger partial charge in [-0.05, 0) is 43.8 Å². The Morgan fingerprint density at radius 1 is 1.55 bits per heavy atom. The SMILES string of the molecule is CCC(c1cccc([N+](=O)[O-])c1)N1CCCC(CN)C1. The molecule has 0 bridgehead atoms. The lowest BCUT2D eigenvalue weighted by molar-refractivity contribution is -0.385. The summed E-state index contributed by atoms with van der Waals surface area (Å²) in [7, 11) is 0. The number of piperidine rings is 1. The van der Waals surface area contributed by atoms with Gasteiger partial charge in [0.05, 0.1) is 4.92 Å². The average molecular weight is 277 g/mol. The number of nitrogens with two attached hydrogens (primary N) is 1. The molecule has 1 saturated heterocycles. The molecule has 1 aromatic rings. The summed E-state index contributed by atoms with van der Waals surface area (Å²) >= 11 is 0. The summed E-state index contributed by atoms with van der Waals surface area (Å²) in [5.74, 6) is 0.552. The minimum Gasteiger partial charge on any atom is -0.330 e. The predicted molar refractivity (Wildman–Crippen MR) is 79.5 cm³/mol. The maximum Gasteiger partial charge on any atom is 0.269 e. The van der Waals surface area contributed by atoms with Gasteiger partial charge >= 0.3 is 0 Å². The molecule has 2 unspecified atom stereocenters. The van der Waals surface area contributed by atoms with Crippen LogP contribution in [-0.2, 0) is 0 Å². The third-order valence-corrected chi connectivity index (χ3v) is 4.18. The first-order valence-corrected chi connectivity index (χ1v) is 7.34. The predicted octanol–water partition coefficient (Wildman–Crippen LogP) is 2.72. The van der Waals surface area contributed by atoms with E-state index in [-0.39, 0.29) is 16.7 Å². The zero-order chi connectivity index (χ0) is 14.5. The third kappa shape index (κ3) is 3.35. The van der Waals surface area contributed by atoms with E-state index >= 15 is 0 Å². The first kappa shape index (κ1) is 14.9. The van der Waals surface area contributed by atoms with Crippen LogP contribution in [0.3, 0.4) is 0 Å². The van der Waals surface area contributed by atoms with Gasteiger partial charge in [0, 0.05) is 24.7 Å². The molecule has 0 aromatic heterocycles. The lowest BCUT2D eigenvalue weighted by atomic mass is 9.94. The molecule has 1 fully saturated rings. The van der Waals surface area contributed by atoms with E-state index in [1.54, 1.807) is 18.2 Å². The third-order valence-electron chi connectivity index (χ3n) is 4.18. The number of rotatable bonds is 5. The Kier molecular flexibility index (Phi) is 5.09. The Labute approximate surface area is 119 Å². The van der Waals surface area contributed by atoms with Crippen LogP contribution < -0.4 is 5.73 Å². The molecule has 0 spiro atoms. The largest absolute Gasteiger partial charge is 0.330 e. The minimum absolute atomic E-state index is 0.174. The normalized spacial score (nSPS) is 21.6. The number of nitro groups is 1. The summed E-state index contributed by atoms with van der Waals surface area (Å²) in [6.07, 6.45) is 3.31. The van der Waals surface area contributed by atoms with E-state index in [2.05, 4.69) is 11.8 Å². The molecule has 5 nitrogen and oxygen atoms in total. The summed E-state index contributed by atoms with van der Waals surface area (Å²) < 4.78 is 0. The molecule has 2 atom stereocenters. The first-order chi connectivity index (χ1) is 9.65. The average Bonchev–Trinajstić information content (AvgIpc) is 2.48. The van der Waals surface area contributed by atoms with Crippen LogP contribution in [0, 0.1) is 16.0 Å². The fourth-order valence-corrected chi connectivity index (χ4v) is 3.12. The van der Waals surface area contributed by atoms with Gasteiger partial charge in [0.2, 0.25) is 0 Å². The highest BCUT2D eigenvalue weighted by Gasteiger charge is 2.26. The molecule has 2 N–H and O–H groups in total. The molecule has 5 heteroatoms. The van der Waals surface area contributed by atoms with Crippen LogP contribution >= 0.6 is 0 Å². The Hall–Kier alpha value is -1.46. The van der Waals surface area contributed by atoms with Gasteiger partial charge in [0.25, 0.3) is 5.69 Å². The van der Waals surface area contributed by atoms with Crippen LogP contribution in [0.4, 0.5) is 5.69 Å². The van der Waals surface area contributed by atoms with Crippen molar-refractivity contribution in [2.45, 2.75) is 32.2 Å². The number of hydrogen-bond acceptors (Lipinski definition) is 4. The Bertz CT molecular complexity index is 464. The maximum atomic E-state index is 10.9. The van der Waals surface area contributed by atoms with E-state index in [0.717, 1.165) is 38.0 Å². The highest BCUT2D eigenvalue weighted by Crippen LogP contribution is 2.30. The number of nitro benzene ring substituents is 1. The fourth-order valence-electron chi connectivity index (χ4n) is 3.12. The molecular formula is C15H23N3O2. The maximum absolute atomic E-state index is 10.9. The van der Waals surface area contributed by atoms with E-state index in [1.165, 1.54) is 6.42 Å². The lowest BCUT2D eigenvalue weighted by Gasteiger charge is -2.38. The number of non-ortho nitro benzene ring substituents is 1. The van der Waals surface area contributed by atoms with Crippen molar-refractivity contribution in [1.82, 2.24) is 4.90 Å². The summed E-state index contributed by atoms with van der Waals surface area (Å²) in [6, 6.07) is 7.28. The van der Waals surface area contributed by atoms with Crippen molar-refractivity contribution >= 4 is 5.69 Å². The van der Waals surface area contributed by atoms with Gasteiger partial charge in [-0.1, -0.05) is 19.1 Å². The van der Waals surface area contributed by atoms with Crippen LogP contribution in [0.5, 0.6) is 0 Å². The Morgan fingerprint density at radius 2 is 2.35 bits per heavy atom. The monoisotopic (exact) mass is 277 g/mol. The summed E-state index contributed by atoms with van der Waals surface area (Å²) in [4.78, 5) is 13.0. The highest BCUT2D eigenvalue weighted by atomic mass is 16.6. The zero-order valence-corrected chi connectivity index (χ0v) is 12.0. The van der Waals surface area contributed by atoms with Crippen LogP contribution in [0.1, 0.15) is 37.8 Å². The van der Waals surface area contributed by atoms with Crippen molar-refractivity contribution in [2.75, 3.05) is 19.6 Å². The second-order valence-electron chi connectivity index (χ2n) is 5.52. The van der Waals surface area contributed by atoms with Crippen molar-refractivity contribution in [3.63, 3.8) is 0 Å². The van der Waals surface area contributed by atoms with E-state index in [0.29, 0.717) is 5.92 Å². The van der Waals surface area contributed by atoms with Crippen molar-refractivity contribution in [1.29, 1.82) is 0 Å².